The van der Waals surface area contributed by atoms with Gasteiger partial charge in [0, 0.05) is 6.04 Å². The summed E-state index contributed by atoms with van der Waals surface area (Å²) in [5.41, 5.74) is 6.14. The molecule has 3 N–H and O–H groups in total. The van der Waals surface area contributed by atoms with Crippen molar-refractivity contribution < 1.29 is 13.5 Å². The smallest absolute Gasteiger partial charge is 0.203 e. The Bertz CT molecular complexity index is 559. The van der Waals surface area contributed by atoms with Crippen molar-refractivity contribution in [3.63, 3.8) is 0 Å². The van der Waals surface area contributed by atoms with E-state index in [-0.39, 0.29) is 16.7 Å². The normalized spacial score (nSPS) is 19.0. The maximum atomic E-state index is 12.0. The predicted molar refractivity (Wildman–Crippen MR) is 61.5 cm³/mol. The second-order valence-corrected chi connectivity index (χ2v) is 5.99. The van der Waals surface area contributed by atoms with Crippen LogP contribution < -0.4 is 5.73 Å². The molecule has 0 aliphatic carbocycles. The van der Waals surface area contributed by atoms with Crippen LogP contribution in [0.1, 0.15) is 18.9 Å². The van der Waals surface area contributed by atoms with E-state index in [4.69, 9.17) is 5.73 Å². The first-order chi connectivity index (χ1) is 7.41. The van der Waals surface area contributed by atoms with Crippen molar-refractivity contribution >= 4 is 15.9 Å². The van der Waals surface area contributed by atoms with Crippen molar-refractivity contribution in [3.05, 3.63) is 28.7 Å². The van der Waals surface area contributed by atoms with Crippen molar-refractivity contribution in [3.8, 4) is 5.75 Å². The number of nitrogens with two attached hydrogens (primary N) is 1. The first-order valence-corrected chi connectivity index (χ1v) is 6.44. The topological polar surface area (TPSA) is 80.4 Å². The fraction of sp³-hybridized carbons (Fsp3) is 0.273. The highest BCUT2D eigenvalue weighted by Gasteiger charge is 2.29. The third kappa shape index (κ3) is 1.72. The van der Waals surface area contributed by atoms with Gasteiger partial charge in [-0.25, -0.2) is 8.42 Å². The van der Waals surface area contributed by atoms with E-state index in [1.807, 2.05) is 0 Å². The third-order valence-electron chi connectivity index (χ3n) is 2.47. The molecule has 1 unspecified atom stereocenters. The van der Waals surface area contributed by atoms with Gasteiger partial charge in [0.05, 0.1) is 9.80 Å². The number of hydrogen-bond donors (Lipinski definition) is 2. The van der Waals surface area contributed by atoms with Gasteiger partial charge in [-0.05, 0) is 43.2 Å². The minimum Gasteiger partial charge on any atom is -0.508 e. The number of benzene rings is 1. The summed E-state index contributed by atoms with van der Waals surface area (Å²) in [6.45, 7) is 1.76. The molecule has 1 heterocycles. The Morgan fingerprint density at radius 1 is 1.44 bits per heavy atom. The van der Waals surface area contributed by atoms with Crippen molar-refractivity contribution in [1.82, 2.24) is 0 Å². The number of rotatable bonds is 2. The van der Waals surface area contributed by atoms with E-state index >= 15 is 0 Å². The zero-order valence-electron chi connectivity index (χ0n) is 8.84. The molecule has 1 aromatic carbocycles. The molecule has 0 aromatic heterocycles. The third-order valence-corrected chi connectivity index (χ3v) is 4.39. The van der Waals surface area contributed by atoms with Gasteiger partial charge < -0.3 is 10.8 Å². The second kappa shape index (κ2) is 3.61. The van der Waals surface area contributed by atoms with Gasteiger partial charge in [0.1, 0.15) is 5.75 Å². The minimum atomic E-state index is -3.39. The van der Waals surface area contributed by atoms with Crippen LogP contribution in [0.4, 0.5) is 0 Å². The highest BCUT2D eigenvalue weighted by molar-refractivity contribution is 7.95. The van der Waals surface area contributed by atoms with E-state index in [0.29, 0.717) is 16.9 Å². The molecule has 0 fully saturated rings. The molecule has 0 saturated carbocycles. The van der Waals surface area contributed by atoms with Crippen molar-refractivity contribution in [1.29, 1.82) is 0 Å². The highest BCUT2D eigenvalue weighted by Crippen LogP contribution is 2.36. The lowest BCUT2D eigenvalue weighted by Gasteiger charge is -2.06. The Labute approximate surface area is 94.3 Å². The molecular weight excluding hydrogens is 226 g/mol. The molecule has 1 aliphatic heterocycles. The van der Waals surface area contributed by atoms with Crippen molar-refractivity contribution in [2.24, 2.45) is 5.73 Å². The SMILES string of the molecule is CC(N)CC1=Cc2cc(O)ccc2S1(=O)=O. The lowest BCUT2D eigenvalue weighted by Crippen LogP contribution is -2.17. The molecule has 86 valence electrons. The van der Waals surface area contributed by atoms with Crippen molar-refractivity contribution in [2.75, 3.05) is 0 Å². The highest BCUT2D eigenvalue weighted by atomic mass is 32.2. The van der Waals surface area contributed by atoms with Crippen molar-refractivity contribution in [2.45, 2.75) is 24.3 Å². The number of phenolic OH excluding ortho intramolecular Hbond substituents is 1. The molecule has 0 bridgehead atoms. The first-order valence-electron chi connectivity index (χ1n) is 4.95. The molecule has 4 nitrogen and oxygen atoms in total. The standard InChI is InChI=1S/C11H13NO3S/c1-7(12)4-10-6-8-5-9(13)2-3-11(8)16(10,14)15/h2-3,5-7,13H,4,12H2,1H3. The molecule has 1 atom stereocenters. The largest absolute Gasteiger partial charge is 0.508 e. The fourth-order valence-electron chi connectivity index (χ4n) is 1.77. The Hall–Kier alpha value is -1.33. The van der Waals surface area contributed by atoms with Gasteiger partial charge in [0.25, 0.3) is 0 Å². The average Bonchev–Trinajstić information content (AvgIpc) is 2.37. The Kier molecular flexibility index (Phi) is 2.52. The average molecular weight is 239 g/mol. The maximum absolute atomic E-state index is 12.0. The molecule has 0 radical (unpaired) electrons. The van der Waals surface area contributed by atoms with Gasteiger partial charge in [-0.15, -0.1) is 0 Å². The summed E-state index contributed by atoms with van der Waals surface area (Å²) in [6, 6.07) is 4.04. The summed E-state index contributed by atoms with van der Waals surface area (Å²) < 4.78 is 24.1. The quantitative estimate of drug-likeness (QED) is 0.814. The van der Waals surface area contributed by atoms with Gasteiger partial charge in [-0.1, -0.05) is 0 Å². The van der Waals surface area contributed by atoms with Crippen LogP contribution in [-0.4, -0.2) is 19.6 Å². The Morgan fingerprint density at radius 3 is 2.75 bits per heavy atom. The molecule has 2 rings (SSSR count). The first kappa shape index (κ1) is 11.2. The van der Waals surface area contributed by atoms with Gasteiger partial charge in [-0.3, -0.25) is 0 Å². The van der Waals surface area contributed by atoms with Crippen LogP contribution in [0.5, 0.6) is 5.75 Å². The van der Waals surface area contributed by atoms with E-state index in [0.717, 1.165) is 0 Å². The van der Waals surface area contributed by atoms with Gasteiger partial charge in [-0.2, -0.15) is 0 Å². The number of fused-ring (bicyclic) bond motifs is 1. The lowest BCUT2D eigenvalue weighted by molar-refractivity contribution is 0.474. The summed E-state index contributed by atoms with van der Waals surface area (Å²) >= 11 is 0. The summed E-state index contributed by atoms with van der Waals surface area (Å²) in [5.74, 6) is 0.0623. The van der Waals surface area contributed by atoms with Crippen LogP contribution in [0, 0.1) is 0 Å². The second-order valence-electron chi connectivity index (χ2n) is 4.02. The van der Waals surface area contributed by atoms with Crippen LogP contribution in [0.15, 0.2) is 28.0 Å². The lowest BCUT2D eigenvalue weighted by atomic mass is 10.1. The molecule has 0 spiro atoms. The van der Waals surface area contributed by atoms with Crippen LogP contribution in [-0.2, 0) is 9.84 Å². The fourth-order valence-corrected chi connectivity index (χ4v) is 3.49. The molecule has 1 aromatic rings. The maximum Gasteiger partial charge on any atom is 0.203 e. The van der Waals surface area contributed by atoms with Crippen LogP contribution in [0.3, 0.4) is 0 Å². The number of aromatic hydroxyl groups is 1. The van der Waals surface area contributed by atoms with Crippen LogP contribution in [0.25, 0.3) is 6.08 Å². The predicted octanol–water partition coefficient (Wildman–Crippen LogP) is 1.26. The molecule has 0 amide bonds. The summed E-state index contributed by atoms with van der Waals surface area (Å²) in [7, 11) is -3.39. The summed E-state index contributed by atoms with van der Waals surface area (Å²) in [5, 5.41) is 9.29. The molecule has 16 heavy (non-hydrogen) atoms. The van der Waals surface area contributed by atoms with E-state index in [1.54, 1.807) is 13.0 Å². The van der Waals surface area contributed by atoms with Crippen LogP contribution in [0.2, 0.25) is 0 Å². The number of phenols is 1. The van der Waals surface area contributed by atoms with Gasteiger partial charge in [0.15, 0.2) is 0 Å². The summed E-state index contributed by atoms with van der Waals surface area (Å²) in [4.78, 5) is 0.573. The monoisotopic (exact) mass is 239 g/mol. The molecule has 0 saturated heterocycles. The Morgan fingerprint density at radius 2 is 2.12 bits per heavy atom. The summed E-state index contributed by atoms with van der Waals surface area (Å²) in [6.07, 6.45) is 1.89. The van der Waals surface area contributed by atoms with E-state index in [1.165, 1.54) is 18.2 Å². The van der Waals surface area contributed by atoms with Crippen LogP contribution >= 0.6 is 0 Å². The Balaban J connectivity index is 2.52. The van der Waals surface area contributed by atoms with E-state index in [9.17, 15) is 13.5 Å². The number of hydrogen-bond acceptors (Lipinski definition) is 4. The molecular formula is C11H13NO3S. The van der Waals surface area contributed by atoms with Gasteiger partial charge >= 0.3 is 0 Å². The van der Waals surface area contributed by atoms with Gasteiger partial charge in [0.2, 0.25) is 9.84 Å². The zero-order valence-corrected chi connectivity index (χ0v) is 9.66. The van der Waals surface area contributed by atoms with E-state index < -0.39 is 9.84 Å². The molecule has 5 heteroatoms. The number of sulfone groups is 1. The zero-order chi connectivity index (χ0) is 11.9. The van der Waals surface area contributed by atoms with E-state index in [2.05, 4.69) is 0 Å². The molecule has 1 aliphatic rings. The minimum absolute atomic E-state index is 0.0623.